The van der Waals surface area contributed by atoms with Gasteiger partial charge in [0.2, 0.25) is 0 Å². The first kappa shape index (κ1) is 19.9. The average molecular weight is 416 g/mol. The highest BCUT2D eigenvalue weighted by Gasteiger charge is 2.31. The number of amides is 1. The minimum absolute atomic E-state index is 0.222. The van der Waals surface area contributed by atoms with Gasteiger partial charge in [0, 0.05) is 24.5 Å². The van der Waals surface area contributed by atoms with Gasteiger partial charge in [-0.1, -0.05) is 11.6 Å². The van der Waals surface area contributed by atoms with Crippen molar-refractivity contribution in [2.24, 2.45) is 0 Å². The van der Waals surface area contributed by atoms with E-state index in [4.69, 9.17) is 4.74 Å². The van der Waals surface area contributed by atoms with Crippen LogP contribution in [0.3, 0.4) is 0 Å². The van der Waals surface area contributed by atoms with Crippen molar-refractivity contribution in [1.82, 2.24) is 19.7 Å². The standard InChI is InChI=1S/C21H19F3N4O2/c1-14-7-15(9-17(8-14)21(22,23)24)13-30-20(29)27-5-6-28-18(12-27)10-19(26-28)16-3-2-4-25-11-16/h2-4,7-11H,5-6,12-13H2,1H3. The molecule has 2 aromatic heterocycles. The van der Waals surface area contributed by atoms with Crippen molar-refractivity contribution in [1.29, 1.82) is 0 Å². The molecular formula is C21H19F3N4O2. The number of carbonyl (C=O) groups is 1. The molecule has 0 fully saturated rings. The Balaban J connectivity index is 1.41. The summed E-state index contributed by atoms with van der Waals surface area (Å²) in [5, 5.41) is 4.54. The van der Waals surface area contributed by atoms with Crippen molar-refractivity contribution in [3.8, 4) is 11.3 Å². The van der Waals surface area contributed by atoms with Crippen LogP contribution in [-0.2, 0) is 30.6 Å². The fourth-order valence-corrected chi connectivity index (χ4v) is 3.42. The number of rotatable bonds is 3. The largest absolute Gasteiger partial charge is 0.445 e. The second kappa shape index (κ2) is 7.81. The quantitative estimate of drug-likeness (QED) is 0.634. The second-order valence-electron chi connectivity index (χ2n) is 7.17. The third-order valence-corrected chi connectivity index (χ3v) is 4.84. The van der Waals surface area contributed by atoms with Crippen LogP contribution in [0, 0.1) is 6.92 Å². The Hall–Kier alpha value is -3.36. The normalized spacial score (nSPS) is 13.8. The number of hydrogen-bond donors (Lipinski definition) is 0. The Kier molecular flexibility index (Phi) is 5.19. The number of pyridine rings is 1. The van der Waals surface area contributed by atoms with Crippen LogP contribution in [0.1, 0.15) is 22.4 Å². The summed E-state index contributed by atoms with van der Waals surface area (Å²) in [5.74, 6) is 0. The Morgan fingerprint density at radius 3 is 2.77 bits per heavy atom. The van der Waals surface area contributed by atoms with E-state index in [0.717, 1.165) is 29.1 Å². The molecule has 3 heterocycles. The van der Waals surface area contributed by atoms with Gasteiger partial charge in [-0.15, -0.1) is 0 Å². The molecule has 0 atom stereocenters. The smallest absolute Gasteiger partial charge is 0.416 e. The summed E-state index contributed by atoms with van der Waals surface area (Å²) in [5.41, 5.74) is 2.52. The number of fused-ring (bicyclic) bond motifs is 1. The van der Waals surface area contributed by atoms with E-state index < -0.39 is 17.8 Å². The number of halogens is 3. The average Bonchev–Trinajstić information content (AvgIpc) is 3.15. The van der Waals surface area contributed by atoms with Crippen molar-refractivity contribution >= 4 is 6.09 Å². The highest BCUT2D eigenvalue weighted by Crippen LogP contribution is 2.31. The van der Waals surface area contributed by atoms with E-state index in [2.05, 4.69) is 10.1 Å². The monoisotopic (exact) mass is 416 g/mol. The molecule has 6 nitrogen and oxygen atoms in total. The first-order chi connectivity index (χ1) is 14.3. The van der Waals surface area contributed by atoms with Gasteiger partial charge in [0.05, 0.1) is 30.0 Å². The second-order valence-corrected chi connectivity index (χ2v) is 7.17. The van der Waals surface area contributed by atoms with Crippen molar-refractivity contribution in [3.05, 3.63) is 71.2 Å². The first-order valence-electron chi connectivity index (χ1n) is 9.36. The summed E-state index contributed by atoms with van der Waals surface area (Å²) in [6, 6.07) is 9.28. The molecule has 1 aromatic carbocycles. The predicted octanol–water partition coefficient (Wildman–Crippen LogP) is 4.42. The fraction of sp³-hybridized carbons (Fsp3) is 0.286. The maximum absolute atomic E-state index is 13.0. The molecule has 1 aliphatic rings. The van der Waals surface area contributed by atoms with Gasteiger partial charge < -0.3 is 9.64 Å². The van der Waals surface area contributed by atoms with Crippen LogP contribution < -0.4 is 0 Å². The summed E-state index contributed by atoms with van der Waals surface area (Å²) >= 11 is 0. The van der Waals surface area contributed by atoms with Crippen LogP contribution in [0.4, 0.5) is 18.0 Å². The van der Waals surface area contributed by atoms with Crippen LogP contribution in [0.15, 0.2) is 48.8 Å². The topological polar surface area (TPSA) is 60.2 Å². The molecule has 1 aliphatic heterocycles. The third-order valence-electron chi connectivity index (χ3n) is 4.84. The van der Waals surface area contributed by atoms with Crippen molar-refractivity contribution in [2.75, 3.05) is 6.54 Å². The number of aromatic nitrogens is 3. The van der Waals surface area contributed by atoms with E-state index >= 15 is 0 Å². The van der Waals surface area contributed by atoms with Crippen molar-refractivity contribution in [2.45, 2.75) is 32.8 Å². The molecule has 0 radical (unpaired) electrons. The lowest BCUT2D eigenvalue weighted by molar-refractivity contribution is -0.137. The Morgan fingerprint density at radius 1 is 1.20 bits per heavy atom. The maximum atomic E-state index is 13.0. The van der Waals surface area contributed by atoms with E-state index in [0.29, 0.717) is 30.8 Å². The lowest BCUT2D eigenvalue weighted by Crippen LogP contribution is -2.38. The molecular weight excluding hydrogens is 397 g/mol. The number of hydrogen-bond acceptors (Lipinski definition) is 4. The van der Waals surface area contributed by atoms with E-state index in [-0.39, 0.29) is 6.61 Å². The highest BCUT2D eigenvalue weighted by atomic mass is 19.4. The molecule has 0 bridgehead atoms. The van der Waals surface area contributed by atoms with Crippen molar-refractivity contribution < 1.29 is 22.7 Å². The lowest BCUT2D eigenvalue weighted by Gasteiger charge is -2.27. The number of carbonyl (C=O) groups excluding carboxylic acids is 1. The zero-order chi connectivity index (χ0) is 21.3. The Bertz CT molecular complexity index is 1060. The Morgan fingerprint density at radius 2 is 2.03 bits per heavy atom. The summed E-state index contributed by atoms with van der Waals surface area (Å²) in [6.07, 6.45) is -1.61. The molecule has 0 saturated heterocycles. The molecule has 9 heteroatoms. The number of ether oxygens (including phenoxy) is 1. The predicted molar refractivity (Wildman–Crippen MR) is 102 cm³/mol. The molecule has 0 N–H and O–H groups in total. The minimum Gasteiger partial charge on any atom is -0.445 e. The number of alkyl halides is 3. The number of nitrogens with zero attached hydrogens (tertiary/aromatic N) is 4. The molecule has 1 amide bonds. The molecule has 3 aromatic rings. The van der Waals surface area contributed by atoms with Crippen LogP contribution in [-0.4, -0.2) is 32.3 Å². The zero-order valence-corrected chi connectivity index (χ0v) is 16.2. The van der Waals surface area contributed by atoms with Gasteiger partial charge in [-0.05, 0) is 42.8 Å². The van der Waals surface area contributed by atoms with Crippen LogP contribution >= 0.6 is 0 Å². The molecule has 0 spiro atoms. The van der Waals surface area contributed by atoms with E-state index in [9.17, 15) is 18.0 Å². The van der Waals surface area contributed by atoms with Crippen LogP contribution in [0.2, 0.25) is 0 Å². The van der Waals surface area contributed by atoms with E-state index in [1.807, 2.05) is 22.9 Å². The SMILES string of the molecule is Cc1cc(COC(=O)N2CCn3nc(-c4cccnc4)cc3C2)cc(C(F)(F)F)c1. The number of aryl methyl sites for hydroxylation is 1. The molecule has 0 unspecified atom stereocenters. The third kappa shape index (κ3) is 4.29. The zero-order valence-electron chi connectivity index (χ0n) is 16.2. The first-order valence-corrected chi connectivity index (χ1v) is 9.36. The van der Waals surface area contributed by atoms with E-state index in [1.165, 1.54) is 4.90 Å². The lowest BCUT2D eigenvalue weighted by atomic mass is 10.1. The van der Waals surface area contributed by atoms with Gasteiger partial charge in [0.1, 0.15) is 6.61 Å². The van der Waals surface area contributed by atoms with Gasteiger partial charge >= 0.3 is 12.3 Å². The van der Waals surface area contributed by atoms with Crippen LogP contribution in [0.5, 0.6) is 0 Å². The molecule has 30 heavy (non-hydrogen) atoms. The summed E-state index contributed by atoms with van der Waals surface area (Å²) < 4.78 is 46.0. The van der Waals surface area contributed by atoms with Gasteiger partial charge in [-0.25, -0.2) is 4.79 Å². The fourth-order valence-electron chi connectivity index (χ4n) is 3.42. The summed E-state index contributed by atoms with van der Waals surface area (Å²) in [7, 11) is 0. The summed E-state index contributed by atoms with van der Waals surface area (Å²) in [4.78, 5) is 18.1. The molecule has 156 valence electrons. The van der Waals surface area contributed by atoms with Gasteiger partial charge in [-0.3, -0.25) is 9.67 Å². The van der Waals surface area contributed by atoms with Gasteiger partial charge in [0.25, 0.3) is 0 Å². The molecule has 0 saturated carbocycles. The maximum Gasteiger partial charge on any atom is 0.416 e. The van der Waals surface area contributed by atoms with Crippen molar-refractivity contribution in [3.63, 3.8) is 0 Å². The molecule has 4 rings (SSSR count). The minimum atomic E-state index is -4.44. The van der Waals surface area contributed by atoms with Crippen LogP contribution in [0.25, 0.3) is 11.3 Å². The number of benzene rings is 1. The highest BCUT2D eigenvalue weighted by molar-refractivity contribution is 5.68. The van der Waals surface area contributed by atoms with Gasteiger partial charge in [-0.2, -0.15) is 18.3 Å². The molecule has 0 aliphatic carbocycles. The Labute approximate surface area is 170 Å². The van der Waals surface area contributed by atoms with E-state index in [1.54, 1.807) is 25.4 Å². The van der Waals surface area contributed by atoms with Gasteiger partial charge in [0.15, 0.2) is 0 Å². The summed E-state index contributed by atoms with van der Waals surface area (Å²) in [6.45, 7) is 2.58.